The zero-order valence-corrected chi connectivity index (χ0v) is 9.16. The molecule has 4 nitrogen and oxygen atoms in total. The number of hydrogen-bond acceptors (Lipinski definition) is 3. The maximum Gasteiger partial charge on any atom is 0.409 e. The number of nitrogens with zero attached hydrogens (tertiary/aromatic N) is 1. The van der Waals surface area contributed by atoms with Gasteiger partial charge in [-0.25, -0.2) is 4.79 Å². The molecule has 2 atom stereocenters. The summed E-state index contributed by atoms with van der Waals surface area (Å²) >= 11 is 0. The molecule has 0 bridgehead atoms. The summed E-state index contributed by atoms with van der Waals surface area (Å²) < 4.78 is 10.3. The number of amides is 1. The number of piperidine rings is 1. The van der Waals surface area contributed by atoms with Gasteiger partial charge in [0.1, 0.15) is 0 Å². The van der Waals surface area contributed by atoms with Crippen molar-refractivity contribution in [1.29, 1.82) is 0 Å². The van der Waals surface area contributed by atoms with E-state index in [9.17, 15) is 4.79 Å². The van der Waals surface area contributed by atoms with Crippen molar-refractivity contribution in [2.24, 2.45) is 5.92 Å². The summed E-state index contributed by atoms with van der Waals surface area (Å²) in [4.78, 5) is 13.1. The van der Waals surface area contributed by atoms with Crippen LogP contribution in [0, 0.1) is 5.92 Å². The van der Waals surface area contributed by atoms with Gasteiger partial charge in [-0.05, 0) is 19.3 Å². The minimum atomic E-state index is -0.221. The van der Waals surface area contributed by atoms with E-state index in [-0.39, 0.29) is 12.2 Å². The molecule has 1 aliphatic rings. The van der Waals surface area contributed by atoms with E-state index in [2.05, 4.69) is 6.92 Å². The summed E-state index contributed by atoms with van der Waals surface area (Å²) in [6.45, 7) is 5.83. The fraction of sp³-hybridized carbons (Fsp3) is 0.900. The van der Waals surface area contributed by atoms with Crippen LogP contribution in [0.15, 0.2) is 0 Å². The summed E-state index contributed by atoms with van der Waals surface area (Å²) in [5.74, 6) is 0.519. The minimum absolute atomic E-state index is 0.146. The van der Waals surface area contributed by atoms with Gasteiger partial charge in [0.05, 0.1) is 19.3 Å². The number of methoxy groups -OCH3 is 1. The molecular formula is C10H19NO3. The van der Waals surface area contributed by atoms with E-state index in [4.69, 9.17) is 9.47 Å². The second-order valence-corrected chi connectivity index (χ2v) is 3.69. The Balaban J connectivity index is 2.45. The monoisotopic (exact) mass is 201 g/mol. The molecule has 0 N–H and O–H groups in total. The Morgan fingerprint density at radius 3 is 2.86 bits per heavy atom. The highest BCUT2D eigenvalue weighted by Gasteiger charge is 2.29. The van der Waals surface area contributed by atoms with E-state index in [1.807, 2.05) is 6.92 Å². The number of likely N-dealkylation sites (tertiary alicyclic amines) is 1. The van der Waals surface area contributed by atoms with Gasteiger partial charge in [-0.3, -0.25) is 0 Å². The van der Waals surface area contributed by atoms with Gasteiger partial charge in [0, 0.05) is 13.7 Å². The van der Waals surface area contributed by atoms with Gasteiger partial charge in [0.15, 0.2) is 0 Å². The molecule has 0 aromatic rings. The van der Waals surface area contributed by atoms with Gasteiger partial charge >= 0.3 is 6.09 Å². The van der Waals surface area contributed by atoms with Crippen molar-refractivity contribution in [2.45, 2.75) is 26.4 Å². The van der Waals surface area contributed by atoms with Crippen LogP contribution in [-0.2, 0) is 9.47 Å². The lowest BCUT2D eigenvalue weighted by atomic mass is 9.96. The lowest BCUT2D eigenvalue weighted by Crippen LogP contribution is -2.46. The van der Waals surface area contributed by atoms with Crippen LogP contribution in [0.4, 0.5) is 4.79 Å². The van der Waals surface area contributed by atoms with Gasteiger partial charge < -0.3 is 14.4 Å². The highest BCUT2D eigenvalue weighted by Crippen LogP contribution is 2.19. The zero-order valence-electron chi connectivity index (χ0n) is 9.16. The predicted molar refractivity (Wildman–Crippen MR) is 53.2 cm³/mol. The van der Waals surface area contributed by atoms with Crippen LogP contribution in [0.3, 0.4) is 0 Å². The van der Waals surface area contributed by atoms with Crippen molar-refractivity contribution in [2.75, 3.05) is 26.8 Å². The molecule has 0 aromatic carbocycles. The molecule has 0 spiro atoms. The standard InChI is InChI=1S/C10H19NO3/c1-4-14-10(12)11-6-5-8(2)9(7-11)13-3/h8-9H,4-7H2,1-3H3. The number of carbonyl (C=O) groups excluding carboxylic acids is 1. The van der Waals surface area contributed by atoms with Gasteiger partial charge in [0.25, 0.3) is 0 Å². The maximum absolute atomic E-state index is 11.4. The molecule has 1 aliphatic heterocycles. The van der Waals surface area contributed by atoms with Crippen LogP contribution in [0.5, 0.6) is 0 Å². The summed E-state index contributed by atoms with van der Waals surface area (Å²) in [5, 5.41) is 0. The Kier molecular flexibility index (Phi) is 4.20. The first kappa shape index (κ1) is 11.3. The fourth-order valence-corrected chi connectivity index (χ4v) is 1.72. The molecule has 0 aliphatic carbocycles. The highest BCUT2D eigenvalue weighted by atomic mass is 16.6. The van der Waals surface area contributed by atoms with Crippen LogP contribution in [0.25, 0.3) is 0 Å². The Hall–Kier alpha value is -0.770. The summed E-state index contributed by atoms with van der Waals surface area (Å²) in [5.41, 5.74) is 0. The average Bonchev–Trinajstić information content (AvgIpc) is 2.19. The van der Waals surface area contributed by atoms with Crippen LogP contribution in [-0.4, -0.2) is 43.9 Å². The van der Waals surface area contributed by atoms with Crippen molar-refractivity contribution in [3.8, 4) is 0 Å². The molecular weight excluding hydrogens is 182 g/mol. The van der Waals surface area contributed by atoms with Crippen molar-refractivity contribution in [1.82, 2.24) is 4.90 Å². The van der Waals surface area contributed by atoms with Crippen molar-refractivity contribution >= 4 is 6.09 Å². The highest BCUT2D eigenvalue weighted by molar-refractivity contribution is 5.67. The van der Waals surface area contributed by atoms with Gasteiger partial charge in [-0.2, -0.15) is 0 Å². The van der Waals surface area contributed by atoms with Gasteiger partial charge in [-0.1, -0.05) is 6.92 Å². The minimum Gasteiger partial charge on any atom is -0.450 e. The van der Waals surface area contributed by atoms with Gasteiger partial charge in [-0.15, -0.1) is 0 Å². The Bertz CT molecular complexity index is 196. The molecule has 1 amide bonds. The third kappa shape index (κ3) is 2.61. The Labute approximate surface area is 85.2 Å². The molecule has 1 fully saturated rings. The lowest BCUT2D eigenvalue weighted by Gasteiger charge is -2.35. The van der Waals surface area contributed by atoms with Crippen LogP contribution in [0.2, 0.25) is 0 Å². The smallest absolute Gasteiger partial charge is 0.409 e. The molecule has 82 valence electrons. The predicted octanol–water partition coefficient (Wildman–Crippen LogP) is 1.50. The third-order valence-electron chi connectivity index (χ3n) is 2.72. The van der Waals surface area contributed by atoms with Crippen molar-refractivity contribution in [3.05, 3.63) is 0 Å². The number of hydrogen-bond donors (Lipinski definition) is 0. The lowest BCUT2D eigenvalue weighted by molar-refractivity contribution is -0.00555. The topological polar surface area (TPSA) is 38.8 Å². The quantitative estimate of drug-likeness (QED) is 0.679. The zero-order chi connectivity index (χ0) is 10.6. The average molecular weight is 201 g/mol. The first-order valence-electron chi connectivity index (χ1n) is 5.13. The number of ether oxygens (including phenoxy) is 2. The summed E-state index contributed by atoms with van der Waals surface area (Å²) in [6, 6.07) is 0. The molecule has 0 saturated carbocycles. The first-order chi connectivity index (χ1) is 6.69. The SMILES string of the molecule is CCOC(=O)N1CCC(C)C(OC)C1. The van der Waals surface area contributed by atoms with Crippen molar-refractivity contribution in [3.63, 3.8) is 0 Å². The van der Waals surface area contributed by atoms with Crippen LogP contribution >= 0.6 is 0 Å². The second-order valence-electron chi connectivity index (χ2n) is 3.69. The summed E-state index contributed by atoms with van der Waals surface area (Å²) in [7, 11) is 1.69. The molecule has 1 heterocycles. The maximum atomic E-state index is 11.4. The van der Waals surface area contributed by atoms with E-state index in [0.717, 1.165) is 13.0 Å². The van der Waals surface area contributed by atoms with Crippen molar-refractivity contribution < 1.29 is 14.3 Å². The fourth-order valence-electron chi connectivity index (χ4n) is 1.72. The van der Waals surface area contributed by atoms with E-state index in [1.165, 1.54) is 0 Å². The van der Waals surface area contributed by atoms with E-state index < -0.39 is 0 Å². The first-order valence-corrected chi connectivity index (χ1v) is 5.13. The molecule has 2 unspecified atom stereocenters. The number of carbonyl (C=O) groups is 1. The van der Waals surface area contributed by atoms with Crippen LogP contribution in [0.1, 0.15) is 20.3 Å². The normalized spacial score (nSPS) is 27.5. The van der Waals surface area contributed by atoms with Crippen LogP contribution < -0.4 is 0 Å². The molecule has 0 aromatic heterocycles. The molecule has 4 heteroatoms. The second kappa shape index (κ2) is 5.20. The third-order valence-corrected chi connectivity index (χ3v) is 2.72. The molecule has 0 radical (unpaired) electrons. The molecule has 1 rings (SSSR count). The van der Waals surface area contributed by atoms with Gasteiger partial charge in [0.2, 0.25) is 0 Å². The Morgan fingerprint density at radius 1 is 1.57 bits per heavy atom. The Morgan fingerprint density at radius 2 is 2.29 bits per heavy atom. The summed E-state index contributed by atoms with van der Waals surface area (Å²) in [6.07, 6.45) is 0.909. The van der Waals surface area contributed by atoms with E-state index >= 15 is 0 Å². The van der Waals surface area contributed by atoms with E-state index in [1.54, 1.807) is 12.0 Å². The molecule has 1 saturated heterocycles. The number of rotatable bonds is 2. The molecule has 14 heavy (non-hydrogen) atoms. The largest absolute Gasteiger partial charge is 0.450 e. The van der Waals surface area contributed by atoms with E-state index in [0.29, 0.717) is 19.1 Å².